The van der Waals surface area contributed by atoms with Crippen LogP contribution in [0.15, 0.2) is 21.3 Å². The second-order valence-corrected chi connectivity index (χ2v) is 7.55. The third-order valence-electron chi connectivity index (χ3n) is 4.60. The number of nitrogens with one attached hydrogen (secondary N) is 1. The van der Waals surface area contributed by atoms with Crippen molar-refractivity contribution in [3.8, 4) is 0 Å². The van der Waals surface area contributed by atoms with Crippen molar-refractivity contribution in [1.82, 2.24) is 4.90 Å². The smallest absolute Gasteiger partial charge is 0.357 e. The van der Waals surface area contributed by atoms with E-state index in [1.807, 2.05) is 0 Å². The van der Waals surface area contributed by atoms with Gasteiger partial charge in [-0.3, -0.25) is 18.9 Å². The summed E-state index contributed by atoms with van der Waals surface area (Å²) in [6.45, 7) is 2.45. The molecule has 9 nitrogen and oxygen atoms in total. The third-order valence-corrected chi connectivity index (χ3v) is 5.06. The summed E-state index contributed by atoms with van der Waals surface area (Å²) >= 11 is 0. The first-order valence-corrected chi connectivity index (χ1v) is 9.57. The Labute approximate surface area is 153 Å². The second-order valence-electron chi connectivity index (χ2n) is 6.39. The highest BCUT2D eigenvalue weighted by Gasteiger charge is 2.26. The standard InChI is InChI=1S/C16H18FN3O6S/c1-8(21)20-4-2-9(3-5-20)13-7-12(22)10-6-11(17)14(18)15(16(10)26-13)19-27(23,24)25/h6-7,9,19H,2-5,18H2,1H3,(H,23,24,25). The number of nitrogens with two attached hydrogens (primary N) is 1. The summed E-state index contributed by atoms with van der Waals surface area (Å²) in [5, 5.41) is -0.210. The number of nitrogens with zero attached hydrogens (tertiary/aromatic N) is 1. The fraction of sp³-hybridized carbons (Fsp3) is 0.375. The lowest BCUT2D eigenvalue weighted by Crippen LogP contribution is -2.36. The van der Waals surface area contributed by atoms with Gasteiger partial charge in [-0.25, -0.2) is 4.39 Å². The van der Waals surface area contributed by atoms with Crippen LogP contribution in [0.5, 0.6) is 0 Å². The maximum absolute atomic E-state index is 14.0. The second kappa shape index (κ2) is 6.82. The van der Waals surface area contributed by atoms with E-state index in [0.29, 0.717) is 25.9 Å². The Kier molecular flexibility index (Phi) is 4.82. The zero-order valence-corrected chi connectivity index (χ0v) is 15.2. The lowest BCUT2D eigenvalue weighted by atomic mass is 9.93. The number of fused-ring (bicyclic) bond motifs is 1. The van der Waals surface area contributed by atoms with Crippen LogP contribution < -0.4 is 15.9 Å². The first-order valence-electron chi connectivity index (χ1n) is 8.13. The van der Waals surface area contributed by atoms with E-state index >= 15 is 0 Å². The molecular formula is C16H18FN3O6S. The molecule has 146 valence electrons. The molecule has 1 aromatic heterocycles. The van der Waals surface area contributed by atoms with E-state index < -0.39 is 32.9 Å². The van der Waals surface area contributed by atoms with Crippen LogP contribution in [0.3, 0.4) is 0 Å². The van der Waals surface area contributed by atoms with E-state index in [9.17, 15) is 22.4 Å². The molecule has 0 radical (unpaired) electrons. The van der Waals surface area contributed by atoms with Crippen molar-refractivity contribution in [3.05, 3.63) is 33.9 Å². The van der Waals surface area contributed by atoms with Gasteiger partial charge in [0.1, 0.15) is 17.3 Å². The lowest BCUT2D eigenvalue weighted by Gasteiger charge is -2.30. The van der Waals surface area contributed by atoms with Gasteiger partial charge >= 0.3 is 10.3 Å². The van der Waals surface area contributed by atoms with Gasteiger partial charge in [0.2, 0.25) is 5.91 Å². The molecule has 3 rings (SSSR count). The Morgan fingerprint density at radius 1 is 1.37 bits per heavy atom. The summed E-state index contributed by atoms with van der Waals surface area (Å²) < 4.78 is 52.8. The fourth-order valence-electron chi connectivity index (χ4n) is 3.20. The maximum atomic E-state index is 14.0. The summed E-state index contributed by atoms with van der Waals surface area (Å²) in [6.07, 6.45) is 1.09. The van der Waals surface area contributed by atoms with Crippen LogP contribution in [0.25, 0.3) is 11.0 Å². The minimum absolute atomic E-state index is 0.0451. The minimum atomic E-state index is -4.78. The molecule has 2 aromatic rings. The molecule has 0 aliphatic carbocycles. The number of anilines is 2. The number of carbonyl (C=O) groups is 1. The van der Waals surface area contributed by atoms with Crippen molar-refractivity contribution in [2.24, 2.45) is 0 Å². The zero-order chi connectivity index (χ0) is 19.9. The van der Waals surface area contributed by atoms with Crippen molar-refractivity contribution in [3.63, 3.8) is 0 Å². The number of likely N-dealkylation sites (tertiary alicyclic amines) is 1. The van der Waals surface area contributed by atoms with E-state index in [2.05, 4.69) is 0 Å². The van der Waals surface area contributed by atoms with Gasteiger partial charge in [0.25, 0.3) is 0 Å². The first-order chi connectivity index (χ1) is 12.6. The Hall–Kier alpha value is -2.66. The van der Waals surface area contributed by atoms with Crippen molar-refractivity contribution in [2.45, 2.75) is 25.7 Å². The number of amides is 1. The van der Waals surface area contributed by atoms with E-state index in [0.717, 1.165) is 6.07 Å². The molecule has 1 aliphatic rings. The van der Waals surface area contributed by atoms with Gasteiger partial charge < -0.3 is 15.1 Å². The van der Waals surface area contributed by atoms with Crippen molar-refractivity contribution in [1.29, 1.82) is 0 Å². The summed E-state index contributed by atoms with van der Waals surface area (Å²) in [6, 6.07) is 2.08. The largest absolute Gasteiger partial charge is 0.458 e. The normalized spacial score (nSPS) is 15.9. The van der Waals surface area contributed by atoms with E-state index in [4.69, 9.17) is 14.7 Å². The van der Waals surface area contributed by atoms with Crippen LogP contribution in [0, 0.1) is 5.82 Å². The average Bonchev–Trinajstić information content (AvgIpc) is 2.59. The number of hydrogen-bond donors (Lipinski definition) is 3. The molecule has 2 heterocycles. The highest BCUT2D eigenvalue weighted by Crippen LogP contribution is 2.35. The zero-order valence-electron chi connectivity index (χ0n) is 14.4. The van der Waals surface area contributed by atoms with Crippen molar-refractivity contribution in [2.75, 3.05) is 23.5 Å². The Morgan fingerprint density at radius 2 is 2.00 bits per heavy atom. The molecule has 0 unspecified atom stereocenters. The quantitative estimate of drug-likeness (QED) is 0.523. The average molecular weight is 399 g/mol. The minimum Gasteiger partial charge on any atom is -0.458 e. The summed E-state index contributed by atoms with van der Waals surface area (Å²) in [5.74, 6) is -0.970. The molecule has 0 saturated carbocycles. The topological polar surface area (TPSA) is 143 Å². The Morgan fingerprint density at radius 3 is 2.56 bits per heavy atom. The van der Waals surface area contributed by atoms with Gasteiger partial charge in [0.05, 0.1) is 11.1 Å². The number of nitrogen functional groups attached to an aromatic ring is 1. The van der Waals surface area contributed by atoms with E-state index in [1.165, 1.54) is 13.0 Å². The maximum Gasteiger partial charge on any atom is 0.357 e. The summed E-state index contributed by atoms with van der Waals surface area (Å²) in [4.78, 5) is 25.5. The molecule has 1 aromatic carbocycles. The molecule has 1 fully saturated rings. The molecular weight excluding hydrogens is 381 g/mol. The fourth-order valence-corrected chi connectivity index (χ4v) is 3.66. The van der Waals surface area contributed by atoms with Gasteiger partial charge in [0, 0.05) is 32.0 Å². The molecule has 1 saturated heterocycles. The lowest BCUT2D eigenvalue weighted by molar-refractivity contribution is -0.129. The van der Waals surface area contributed by atoms with Crippen LogP contribution >= 0.6 is 0 Å². The van der Waals surface area contributed by atoms with E-state index in [-0.39, 0.29) is 28.6 Å². The Balaban J connectivity index is 2.10. The molecule has 11 heteroatoms. The molecule has 0 atom stereocenters. The predicted molar refractivity (Wildman–Crippen MR) is 96.3 cm³/mol. The highest BCUT2D eigenvalue weighted by molar-refractivity contribution is 7.87. The van der Waals surface area contributed by atoms with E-state index in [1.54, 1.807) is 9.62 Å². The monoisotopic (exact) mass is 399 g/mol. The van der Waals surface area contributed by atoms with Crippen LogP contribution in [0.1, 0.15) is 31.4 Å². The van der Waals surface area contributed by atoms with Crippen LogP contribution in [0.2, 0.25) is 0 Å². The number of carbonyl (C=O) groups excluding carboxylic acids is 1. The third kappa shape index (κ3) is 3.88. The van der Waals surface area contributed by atoms with Gasteiger partial charge in [0.15, 0.2) is 11.0 Å². The van der Waals surface area contributed by atoms with Gasteiger partial charge in [-0.1, -0.05) is 0 Å². The van der Waals surface area contributed by atoms with Gasteiger partial charge in [-0.2, -0.15) is 8.42 Å². The predicted octanol–water partition coefficient (Wildman–Crippen LogP) is 1.45. The van der Waals surface area contributed by atoms with Gasteiger partial charge in [-0.15, -0.1) is 0 Å². The Bertz CT molecular complexity index is 1070. The number of halogens is 1. The molecule has 1 amide bonds. The highest BCUT2D eigenvalue weighted by atomic mass is 32.2. The molecule has 0 bridgehead atoms. The first kappa shape index (κ1) is 19.1. The number of benzene rings is 1. The molecule has 1 aliphatic heterocycles. The number of piperidine rings is 1. The summed E-state index contributed by atoms with van der Waals surface area (Å²) in [5.41, 5.74) is 3.59. The number of rotatable bonds is 3. The molecule has 0 spiro atoms. The number of hydrogen-bond acceptors (Lipinski definition) is 6. The molecule has 27 heavy (non-hydrogen) atoms. The van der Waals surface area contributed by atoms with Crippen LogP contribution in [0.4, 0.5) is 15.8 Å². The molecule has 4 N–H and O–H groups in total. The summed E-state index contributed by atoms with van der Waals surface area (Å²) in [7, 11) is -4.78. The van der Waals surface area contributed by atoms with Crippen molar-refractivity contribution >= 4 is 38.6 Å². The van der Waals surface area contributed by atoms with Crippen LogP contribution in [-0.4, -0.2) is 36.9 Å². The van der Waals surface area contributed by atoms with Crippen molar-refractivity contribution < 1.29 is 26.6 Å². The van der Waals surface area contributed by atoms with Gasteiger partial charge in [-0.05, 0) is 18.9 Å². The SMILES string of the molecule is CC(=O)N1CCC(c2cc(=O)c3cc(F)c(N)c(NS(=O)(=O)O)c3o2)CC1. The van der Waals surface area contributed by atoms with Crippen LogP contribution in [-0.2, 0) is 15.1 Å².